The summed E-state index contributed by atoms with van der Waals surface area (Å²) in [7, 11) is 3.77. The van der Waals surface area contributed by atoms with Crippen LogP contribution in [0.2, 0.25) is 0 Å². The fourth-order valence-corrected chi connectivity index (χ4v) is 1.71. The van der Waals surface area contributed by atoms with Gasteiger partial charge in [-0.25, -0.2) is 0 Å². The first-order chi connectivity index (χ1) is 10.4. The Morgan fingerprint density at radius 3 is 2.09 bits per heavy atom. The van der Waals surface area contributed by atoms with Crippen LogP contribution < -0.4 is 9.64 Å². The summed E-state index contributed by atoms with van der Waals surface area (Å²) in [4.78, 5) is 34.6. The lowest BCUT2D eigenvalue weighted by molar-refractivity contribution is -0.384. The molecule has 0 saturated heterocycles. The molecule has 120 valence electrons. The fraction of sp³-hybridized carbons (Fsp3) is 0.385. The number of methoxy groups -OCH3 is 3. The molecule has 9 heteroatoms. The first-order valence-corrected chi connectivity index (χ1v) is 6.14. The van der Waals surface area contributed by atoms with Gasteiger partial charge < -0.3 is 19.1 Å². The van der Waals surface area contributed by atoms with Gasteiger partial charge in [0.25, 0.3) is 5.69 Å². The Morgan fingerprint density at radius 1 is 1.14 bits per heavy atom. The number of rotatable bonds is 7. The molecule has 0 aliphatic rings. The number of non-ortho nitro benzene ring substituents is 1. The lowest BCUT2D eigenvalue weighted by Crippen LogP contribution is -2.35. The summed E-state index contributed by atoms with van der Waals surface area (Å²) in [5.41, 5.74) is 0.0167. The minimum atomic E-state index is -0.613. The Balaban J connectivity index is 3.25. The van der Waals surface area contributed by atoms with E-state index in [0.29, 0.717) is 0 Å². The molecule has 0 fully saturated rings. The number of esters is 2. The minimum absolute atomic E-state index is 0.199. The molecule has 0 heterocycles. The van der Waals surface area contributed by atoms with Gasteiger partial charge in [0.15, 0.2) is 0 Å². The molecule has 1 aromatic carbocycles. The molecule has 0 aromatic heterocycles. The molecule has 22 heavy (non-hydrogen) atoms. The molecule has 0 spiro atoms. The maximum absolute atomic E-state index is 11.5. The van der Waals surface area contributed by atoms with Crippen molar-refractivity contribution in [3.63, 3.8) is 0 Å². The van der Waals surface area contributed by atoms with Crippen LogP contribution in [0.15, 0.2) is 18.2 Å². The molecular weight excluding hydrogens is 296 g/mol. The van der Waals surface area contributed by atoms with Gasteiger partial charge in [0.05, 0.1) is 31.9 Å². The van der Waals surface area contributed by atoms with E-state index in [4.69, 9.17) is 4.74 Å². The molecule has 1 aromatic rings. The minimum Gasteiger partial charge on any atom is -0.495 e. The molecule has 0 atom stereocenters. The zero-order valence-electron chi connectivity index (χ0n) is 12.4. The third kappa shape index (κ3) is 4.33. The van der Waals surface area contributed by atoms with Crippen LogP contribution in [0.1, 0.15) is 0 Å². The summed E-state index contributed by atoms with van der Waals surface area (Å²) < 4.78 is 14.2. The number of hydrogen-bond donors (Lipinski definition) is 0. The summed E-state index contributed by atoms with van der Waals surface area (Å²) in [5, 5.41) is 10.9. The highest BCUT2D eigenvalue weighted by atomic mass is 16.6. The van der Waals surface area contributed by atoms with Gasteiger partial charge in [0.1, 0.15) is 18.8 Å². The van der Waals surface area contributed by atoms with Gasteiger partial charge in [-0.05, 0) is 6.07 Å². The van der Waals surface area contributed by atoms with E-state index in [1.807, 2.05) is 0 Å². The van der Waals surface area contributed by atoms with Crippen LogP contribution in [0.25, 0.3) is 0 Å². The van der Waals surface area contributed by atoms with Crippen molar-refractivity contribution in [3.8, 4) is 5.75 Å². The second-order valence-electron chi connectivity index (χ2n) is 4.12. The number of nitro benzene ring substituents is 1. The summed E-state index contributed by atoms with van der Waals surface area (Å²) in [6.07, 6.45) is 0. The molecule has 0 bridgehead atoms. The highest BCUT2D eigenvalue weighted by Crippen LogP contribution is 2.32. The monoisotopic (exact) mass is 312 g/mol. The van der Waals surface area contributed by atoms with Crippen molar-refractivity contribution in [2.45, 2.75) is 0 Å². The predicted octanol–water partition coefficient (Wildman–Crippen LogP) is 0.756. The highest BCUT2D eigenvalue weighted by molar-refractivity contribution is 5.83. The quantitative estimate of drug-likeness (QED) is 0.412. The van der Waals surface area contributed by atoms with Crippen LogP contribution in [0.5, 0.6) is 5.75 Å². The number of carbonyl (C=O) groups excluding carboxylic acids is 2. The van der Waals surface area contributed by atoms with E-state index in [-0.39, 0.29) is 30.2 Å². The number of anilines is 1. The van der Waals surface area contributed by atoms with Gasteiger partial charge in [-0.2, -0.15) is 0 Å². The molecule has 1 rings (SSSR count). The lowest BCUT2D eigenvalue weighted by atomic mass is 10.2. The number of nitro groups is 1. The van der Waals surface area contributed by atoms with E-state index in [9.17, 15) is 19.7 Å². The van der Waals surface area contributed by atoms with Gasteiger partial charge in [-0.3, -0.25) is 19.7 Å². The number of benzene rings is 1. The third-order valence-electron chi connectivity index (χ3n) is 2.81. The smallest absolute Gasteiger partial charge is 0.325 e. The Bertz CT molecular complexity index is 556. The standard InChI is InChI=1S/C13H16N2O7/c1-20-11-5-4-9(15(18)19)6-10(11)14(7-12(16)21-2)8-13(17)22-3/h4-6H,7-8H2,1-3H3. The van der Waals surface area contributed by atoms with Crippen molar-refractivity contribution in [2.75, 3.05) is 39.3 Å². The number of hydrogen-bond acceptors (Lipinski definition) is 8. The second-order valence-corrected chi connectivity index (χ2v) is 4.12. The van der Waals surface area contributed by atoms with E-state index >= 15 is 0 Å². The van der Waals surface area contributed by atoms with Gasteiger partial charge in [-0.15, -0.1) is 0 Å². The van der Waals surface area contributed by atoms with Crippen LogP contribution in [0.4, 0.5) is 11.4 Å². The summed E-state index contributed by atoms with van der Waals surface area (Å²) >= 11 is 0. The largest absolute Gasteiger partial charge is 0.495 e. The van der Waals surface area contributed by atoms with Crippen molar-refractivity contribution < 1.29 is 28.7 Å². The van der Waals surface area contributed by atoms with Crippen molar-refractivity contribution in [3.05, 3.63) is 28.3 Å². The Kier molecular flexibility index (Phi) is 6.11. The van der Waals surface area contributed by atoms with Gasteiger partial charge >= 0.3 is 11.9 Å². The van der Waals surface area contributed by atoms with Gasteiger partial charge in [-0.1, -0.05) is 0 Å². The van der Waals surface area contributed by atoms with E-state index in [1.54, 1.807) is 0 Å². The maximum Gasteiger partial charge on any atom is 0.325 e. The molecule has 0 radical (unpaired) electrons. The summed E-state index contributed by atoms with van der Waals surface area (Å²) in [6, 6.07) is 3.86. The van der Waals surface area contributed by atoms with Crippen molar-refractivity contribution in [1.29, 1.82) is 0 Å². The molecule has 0 aliphatic heterocycles. The van der Waals surface area contributed by atoms with E-state index in [2.05, 4.69) is 9.47 Å². The third-order valence-corrected chi connectivity index (χ3v) is 2.81. The zero-order chi connectivity index (χ0) is 16.7. The first kappa shape index (κ1) is 17.2. The predicted molar refractivity (Wildman–Crippen MR) is 75.9 cm³/mol. The Labute approximate surface area is 126 Å². The van der Waals surface area contributed by atoms with Crippen molar-refractivity contribution >= 4 is 23.3 Å². The van der Waals surface area contributed by atoms with Crippen LogP contribution in [-0.2, 0) is 19.1 Å². The van der Waals surface area contributed by atoms with Crippen LogP contribution >= 0.6 is 0 Å². The molecule has 0 saturated carbocycles. The average Bonchev–Trinajstić information content (AvgIpc) is 2.52. The van der Waals surface area contributed by atoms with Gasteiger partial charge in [0, 0.05) is 12.1 Å². The van der Waals surface area contributed by atoms with E-state index in [0.717, 1.165) is 0 Å². The van der Waals surface area contributed by atoms with E-state index in [1.165, 1.54) is 44.4 Å². The summed E-state index contributed by atoms with van der Waals surface area (Å²) in [6.45, 7) is -0.577. The fourth-order valence-electron chi connectivity index (χ4n) is 1.71. The number of ether oxygens (including phenoxy) is 3. The molecule has 0 unspecified atom stereocenters. The normalized spacial score (nSPS) is 9.77. The lowest BCUT2D eigenvalue weighted by Gasteiger charge is -2.23. The molecule has 9 nitrogen and oxygen atoms in total. The average molecular weight is 312 g/mol. The van der Waals surface area contributed by atoms with Crippen LogP contribution in [0, 0.1) is 10.1 Å². The zero-order valence-corrected chi connectivity index (χ0v) is 12.4. The highest BCUT2D eigenvalue weighted by Gasteiger charge is 2.22. The van der Waals surface area contributed by atoms with Crippen molar-refractivity contribution in [2.24, 2.45) is 0 Å². The Hall–Kier alpha value is -2.84. The number of carbonyl (C=O) groups is 2. The molecule has 0 aliphatic carbocycles. The molecule has 0 N–H and O–H groups in total. The Morgan fingerprint density at radius 2 is 1.68 bits per heavy atom. The van der Waals surface area contributed by atoms with Gasteiger partial charge in [0.2, 0.25) is 0 Å². The van der Waals surface area contributed by atoms with E-state index < -0.39 is 16.9 Å². The first-order valence-electron chi connectivity index (χ1n) is 6.14. The maximum atomic E-state index is 11.5. The second kappa shape index (κ2) is 7.81. The summed E-state index contributed by atoms with van der Waals surface area (Å²) in [5.74, 6) is -0.951. The number of nitrogens with zero attached hydrogens (tertiary/aromatic N) is 2. The van der Waals surface area contributed by atoms with Crippen molar-refractivity contribution in [1.82, 2.24) is 0 Å². The SMILES string of the molecule is COC(=O)CN(CC(=O)OC)c1cc([N+](=O)[O-])ccc1OC. The topological polar surface area (TPSA) is 108 Å². The van der Waals surface area contributed by atoms with Crippen LogP contribution in [-0.4, -0.2) is 51.3 Å². The molecular formula is C13H16N2O7. The van der Waals surface area contributed by atoms with Crippen LogP contribution in [0.3, 0.4) is 0 Å². The molecule has 0 amide bonds.